The first-order valence-corrected chi connectivity index (χ1v) is 10.5. The molecule has 3 heterocycles. The molecular formula is C23H22N8O. The summed E-state index contributed by atoms with van der Waals surface area (Å²) in [5, 5.41) is 21.2. The van der Waals surface area contributed by atoms with Gasteiger partial charge in [0.1, 0.15) is 16.9 Å². The molecule has 3 aromatic heterocycles. The summed E-state index contributed by atoms with van der Waals surface area (Å²) in [5.74, 6) is 1.35. The Balaban J connectivity index is 1.50. The monoisotopic (exact) mass is 426 g/mol. The third-order valence-corrected chi connectivity index (χ3v) is 5.55. The van der Waals surface area contributed by atoms with Crippen LogP contribution in [0.15, 0.2) is 53.3 Å². The van der Waals surface area contributed by atoms with E-state index < -0.39 is 0 Å². The molecule has 0 saturated carbocycles. The van der Waals surface area contributed by atoms with E-state index in [4.69, 9.17) is 0 Å². The standard InChI is InChI=1S/C23H22N8O/c1-3-6-19-20-21(23(32)28-25-19)31(14(2)24-20)13-15-9-11-16(12-10-15)17-7-4-5-8-18(17)22-26-29-30-27-22/h4-5,7-12H,3,6,13H2,1-2H3,(H,28,32)(H,26,27,29,30). The summed E-state index contributed by atoms with van der Waals surface area (Å²) < 4.78 is 1.96. The predicted octanol–water partition coefficient (Wildman–Crippen LogP) is 3.28. The van der Waals surface area contributed by atoms with Crippen molar-refractivity contribution < 1.29 is 0 Å². The number of aryl methyl sites for hydroxylation is 2. The molecule has 0 fully saturated rings. The van der Waals surface area contributed by atoms with Gasteiger partial charge in [-0.1, -0.05) is 61.9 Å². The van der Waals surface area contributed by atoms with Gasteiger partial charge in [0.15, 0.2) is 0 Å². The molecule has 0 bridgehead atoms. The highest BCUT2D eigenvalue weighted by atomic mass is 16.1. The molecule has 2 N–H and O–H groups in total. The Hall–Kier alpha value is -4.14. The summed E-state index contributed by atoms with van der Waals surface area (Å²) in [6.45, 7) is 4.55. The largest absolute Gasteiger partial charge is 0.319 e. The van der Waals surface area contributed by atoms with Crippen LogP contribution in [0.25, 0.3) is 33.5 Å². The first-order chi connectivity index (χ1) is 15.7. The second-order valence-corrected chi connectivity index (χ2v) is 7.67. The summed E-state index contributed by atoms with van der Waals surface area (Å²) in [7, 11) is 0. The van der Waals surface area contributed by atoms with Crippen LogP contribution in [-0.4, -0.2) is 40.4 Å². The molecule has 160 valence electrons. The molecule has 0 aliphatic rings. The number of aromatic amines is 2. The molecule has 0 aliphatic carbocycles. The van der Waals surface area contributed by atoms with Gasteiger partial charge in [0.05, 0.1) is 5.69 Å². The van der Waals surface area contributed by atoms with Crippen LogP contribution >= 0.6 is 0 Å². The van der Waals surface area contributed by atoms with Gasteiger partial charge in [-0.05, 0) is 35.2 Å². The van der Waals surface area contributed by atoms with Crippen molar-refractivity contribution in [2.45, 2.75) is 33.2 Å². The minimum Gasteiger partial charge on any atom is -0.319 e. The van der Waals surface area contributed by atoms with Crippen molar-refractivity contribution in [3.8, 4) is 22.5 Å². The first kappa shape index (κ1) is 19.8. The average molecular weight is 426 g/mol. The highest BCUT2D eigenvalue weighted by molar-refractivity contribution is 5.80. The van der Waals surface area contributed by atoms with Gasteiger partial charge in [0, 0.05) is 12.1 Å². The number of aromatic nitrogens is 8. The third-order valence-electron chi connectivity index (χ3n) is 5.55. The van der Waals surface area contributed by atoms with Crippen LogP contribution in [0.1, 0.15) is 30.4 Å². The molecule has 5 rings (SSSR count). The molecule has 2 aromatic carbocycles. The van der Waals surface area contributed by atoms with E-state index in [9.17, 15) is 4.79 Å². The van der Waals surface area contributed by atoms with Crippen LogP contribution < -0.4 is 5.56 Å². The summed E-state index contributed by atoms with van der Waals surface area (Å²) in [6.07, 6.45) is 1.71. The average Bonchev–Trinajstić information content (AvgIpc) is 3.46. The van der Waals surface area contributed by atoms with Crippen LogP contribution in [0.2, 0.25) is 0 Å². The number of imidazole rings is 1. The number of nitrogens with zero attached hydrogens (tertiary/aromatic N) is 6. The molecule has 0 aliphatic heterocycles. The number of hydrogen-bond acceptors (Lipinski definition) is 6. The zero-order valence-electron chi connectivity index (χ0n) is 17.8. The number of nitrogens with one attached hydrogen (secondary N) is 2. The molecule has 0 atom stereocenters. The lowest BCUT2D eigenvalue weighted by Crippen LogP contribution is -2.15. The highest BCUT2D eigenvalue weighted by Gasteiger charge is 2.16. The van der Waals surface area contributed by atoms with Crippen LogP contribution in [0.3, 0.4) is 0 Å². The van der Waals surface area contributed by atoms with Gasteiger partial charge >= 0.3 is 0 Å². The molecule has 0 spiro atoms. The third kappa shape index (κ3) is 3.47. The first-order valence-electron chi connectivity index (χ1n) is 10.5. The van der Waals surface area contributed by atoms with Crippen LogP contribution in [0.4, 0.5) is 0 Å². The van der Waals surface area contributed by atoms with Gasteiger partial charge in [0.25, 0.3) is 5.56 Å². The Morgan fingerprint density at radius 1 is 1.00 bits per heavy atom. The molecule has 0 radical (unpaired) electrons. The maximum Gasteiger partial charge on any atom is 0.290 e. The Morgan fingerprint density at radius 2 is 1.78 bits per heavy atom. The zero-order valence-corrected chi connectivity index (χ0v) is 17.8. The molecule has 0 saturated heterocycles. The van der Waals surface area contributed by atoms with Crippen LogP contribution in [0, 0.1) is 6.92 Å². The van der Waals surface area contributed by atoms with Crippen molar-refractivity contribution in [2.75, 3.05) is 0 Å². The molecule has 32 heavy (non-hydrogen) atoms. The maximum atomic E-state index is 12.6. The number of tetrazole rings is 1. The fourth-order valence-electron chi connectivity index (χ4n) is 4.00. The van der Waals surface area contributed by atoms with E-state index in [1.165, 1.54) is 0 Å². The SMILES string of the molecule is CCCc1n[nH]c(=O)c2c1nc(C)n2Cc1ccc(-c2ccccc2-c2nn[nH]n2)cc1. The maximum absolute atomic E-state index is 12.6. The van der Waals surface area contributed by atoms with Gasteiger partial charge in [-0.25, -0.2) is 10.1 Å². The van der Waals surface area contributed by atoms with Gasteiger partial charge in [-0.15, -0.1) is 10.2 Å². The second-order valence-electron chi connectivity index (χ2n) is 7.67. The van der Waals surface area contributed by atoms with E-state index in [0.29, 0.717) is 23.4 Å². The molecule has 5 aromatic rings. The van der Waals surface area contributed by atoms with Gasteiger partial charge < -0.3 is 4.57 Å². The van der Waals surface area contributed by atoms with Crippen molar-refractivity contribution in [3.63, 3.8) is 0 Å². The molecule has 9 nitrogen and oxygen atoms in total. The van der Waals surface area contributed by atoms with Crippen molar-refractivity contribution in [2.24, 2.45) is 0 Å². The molecular weight excluding hydrogens is 404 g/mol. The predicted molar refractivity (Wildman–Crippen MR) is 121 cm³/mol. The topological polar surface area (TPSA) is 118 Å². The lowest BCUT2D eigenvalue weighted by atomic mass is 9.98. The van der Waals surface area contributed by atoms with E-state index in [1.807, 2.05) is 35.8 Å². The smallest absolute Gasteiger partial charge is 0.290 e. The number of H-pyrrole nitrogens is 2. The fourth-order valence-corrected chi connectivity index (χ4v) is 4.00. The van der Waals surface area contributed by atoms with Crippen LogP contribution in [-0.2, 0) is 13.0 Å². The number of rotatable bonds is 6. The van der Waals surface area contributed by atoms with E-state index in [-0.39, 0.29) is 5.56 Å². The quantitative estimate of drug-likeness (QED) is 0.430. The van der Waals surface area contributed by atoms with Gasteiger partial charge in [-0.3, -0.25) is 4.79 Å². The van der Waals surface area contributed by atoms with Gasteiger partial charge in [0.2, 0.25) is 5.82 Å². The van der Waals surface area contributed by atoms with E-state index in [1.54, 1.807) is 0 Å². The number of hydrogen-bond donors (Lipinski definition) is 2. The molecule has 0 amide bonds. The van der Waals surface area contributed by atoms with Crippen molar-refractivity contribution >= 4 is 11.0 Å². The summed E-state index contributed by atoms with van der Waals surface area (Å²) in [5.41, 5.74) is 5.94. The highest BCUT2D eigenvalue weighted by Crippen LogP contribution is 2.30. The van der Waals surface area contributed by atoms with Crippen molar-refractivity contribution in [1.29, 1.82) is 0 Å². The minimum absolute atomic E-state index is 0.217. The molecule has 9 heteroatoms. The van der Waals surface area contributed by atoms with Crippen molar-refractivity contribution in [3.05, 3.63) is 76.0 Å². The Labute approximate surface area is 183 Å². The second kappa shape index (κ2) is 8.18. The molecule has 0 unspecified atom stereocenters. The van der Waals surface area contributed by atoms with Gasteiger partial charge in [-0.2, -0.15) is 10.3 Å². The lowest BCUT2D eigenvalue weighted by Gasteiger charge is -2.10. The normalized spacial score (nSPS) is 11.3. The fraction of sp³-hybridized carbons (Fsp3) is 0.217. The zero-order chi connectivity index (χ0) is 22.1. The van der Waals surface area contributed by atoms with Crippen molar-refractivity contribution in [1.82, 2.24) is 40.4 Å². The summed E-state index contributed by atoms with van der Waals surface area (Å²) in [4.78, 5) is 17.2. The minimum atomic E-state index is -0.217. The van der Waals surface area contributed by atoms with E-state index in [0.717, 1.165) is 46.6 Å². The number of benzene rings is 2. The summed E-state index contributed by atoms with van der Waals surface area (Å²) in [6, 6.07) is 16.2. The Morgan fingerprint density at radius 3 is 2.50 bits per heavy atom. The van der Waals surface area contributed by atoms with Crippen LogP contribution in [0.5, 0.6) is 0 Å². The summed E-state index contributed by atoms with van der Waals surface area (Å²) >= 11 is 0. The van der Waals surface area contributed by atoms with E-state index >= 15 is 0 Å². The lowest BCUT2D eigenvalue weighted by molar-refractivity contribution is 0.778. The number of fused-ring (bicyclic) bond motifs is 1. The Bertz CT molecular complexity index is 1430. The van der Waals surface area contributed by atoms with E-state index in [2.05, 4.69) is 67.0 Å². The Kier molecular flexibility index (Phi) is 5.06.